The highest BCUT2D eigenvalue weighted by atomic mass is 16.6. The van der Waals surface area contributed by atoms with E-state index in [1.54, 1.807) is 6.92 Å². The van der Waals surface area contributed by atoms with Crippen LogP contribution < -0.4 is 0 Å². The SMILES string of the molecule is CC(OC(=O)[N+](CC(C)(C)C)(C1C=CC1)C(C)(C)C)C(=O)OC1C2CC3C(=O)OC1C3C2. The van der Waals surface area contributed by atoms with Gasteiger partial charge in [-0.25, -0.2) is 9.28 Å². The lowest BCUT2D eigenvalue weighted by atomic mass is 9.85. The zero-order chi connectivity index (χ0) is 23.6. The molecule has 1 saturated heterocycles. The Morgan fingerprint density at radius 1 is 1.19 bits per heavy atom. The molecule has 1 heterocycles. The van der Waals surface area contributed by atoms with Gasteiger partial charge in [0, 0.05) is 23.7 Å². The summed E-state index contributed by atoms with van der Waals surface area (Å²) in [6, 6.07) is 0.0188. The van der Waals surface area contributed by atoms with Crippen LogP contribution in [0.1, 0.15) is 67.7 Å². The number of fused-ring (bicyclic) bond motifs is 1. The van der Waals surface area contributed by atoms with E-state index in [4.69, 9.17) is 14.2 Å². The van der Waals surface area contributed by atoms with Gasteiger partial charge < -0.3 is 14.2 Å². The van der Waals surface area contributed by atoms with Crippen molar-refractivity contribution >= 4 is 18.0 Å². The van der Waals surface area contributed by atoms with E-state index in [1.165, 1.54) is 0 Å². The van der Waals surface area contributed by atoms with Crippen LogP contribution in [0, 0.1) is 23.2 Å². The van der Waals surface area contributed by atoms with Crippen molar-refractivity contribution < 1.29 is 33.1 Å². The lowest BCUT2D eigenvalue weighted by Gasteiger charge is -2.52. The lowest BCUT2D eigenvalue weighted by Crippen LogP contribution is -2.71. The fraction of sp³-hybridized carbons (Fsp3) is 0.800. The Balaban J connectivity index is 1.48. The smallest absolute Gasteiger partial charge is 0.458 e. The first-order valence-electron chi connectivity index (χ1n) is 11.9. The van der Waals surface area contributed by atoms with Crippen molar-refractivity contribution in [2.45, 2.75) is 97.6 Å². The van der Waals surface area contributed by atoms with Crippen LogP contribution in [0.5, 0.6) is 0 Å². The third-order valence-electron chi connectivity index (χ3n) is 7.82. The van der Waals surface area contributed by atoms with Crippen LogP contribution in [-0.4, -0.2) is 59.0 Å². The summed E-state index contributed by atoms with van der Waals surface area (Å²) in [6.45, 7) is 14.7. The molecule has 7 nitrogen and oxygen atoms in total. The number of hydrogen-bond acceptors (Lipinski definition) is 6. The topological polar surface area (TPSA) is 78.9 Å². The Morgan fingerprint density at radius 3 is 2.38 bits per heavy atom. The van der Waals surface area contributed by atoms with E-state index >= 15 is 0 Å². The van der Waals surface area contributed by atoms with Crippen LogP contribution in [0.25, 0.3) is 0 Å². The number of quaternary nitrogens is 1. The van der Waals surface area contributed by atoms with Gasteiger partial charge in [0.05, 0.1) is 12.5 Å². The molecule has 0 aromatic carbocycles. The Kier molecular flexibility index (Phi) is 5.51. The van der Waals surface area contributed by atoms with Gasteiger partial charge in [0.1, 0.15) is 23.8 Å². The predicted molar refractivity (Wildman–Crippen MR) is 117 cm³/mol. The summed E-state index contributed by atoms with van der Waals surface area (Å²) >= 11 is 0. The zero-order valence-corrected chi connectivity index (χ0v) is 20.4. The van der Waals surface area contributed by atoms with Gasteiger partial charge >= 0.3 is 18.0 Å². The van der Waals surface area contributed by atoms with Crippen molar-refractivity contribution in [3.63, 3.8) is 0 Å². The van der Waals surface area contributed by atoms with Crippen molar-refractivity contribution in [2.75, 3.05) is 6.54 Å². The van der Waals surface area contributed by atoms with Crippen molar-refractivity contribution in [1.29, 1.82) is 0 Å². The highest BCUT2D eigenvalue weighted by Gasteiger charge is 2.63. The minimum Gasteiger partial charge on any atom is -0.458 e. The van der Waals surface area contributed by atoms with Crippen molar-refractivity contribution in [3.05, 3.63) is 12.2 Å². The number of carbonyl (C=O) groups excluding carboxylic acids is 3. The largest absolute Gasteiger partial charge is 0.517 e. The summed E-state index contributed by atoms with van der Waals surface area (Å²) in [5, 5.41) is 0. The van der Waals surface area contributed by atoms with Gasteiger partial charge in [-0.3, -0.25) is 4.79 Å². The molecule has 4 aliphatic rings. The average molecular weight is 449 g/mol. The molecule has 0 aromatic heterocycles. The van der Waals surface area contributed by atoms with E-state index in [0.29, 0.717) is 6.54 Å². The normalized spacial score (nSPS) is 35.7. The van der Waals surface area contributed by atoms with Crippen LogP contribution in [0.4, 0.5) is 4.79 Å². The molecule has 0 radical (unpaired) electrons. The lowest BCUT2D eigenvalue weighted by molar-refractivity contribution is -0.927. The van der Waals surface area contributed by atoms with E-state index in [-0.39, 0.29) is 45.8 Å². The van der Waals surface area contributed by atoms with Crippen molar-refractivity contribution in [1.82, 2.24) is 0 Å². The summed E-state index contributed by atoms with van der Waals surface area (Å²) in [5.74, 6) is -0.456. The van der Waals surface area contributed by atoms with Crippen LogP contribution in [0.15, 0.2) is 12.2 Å². The molecule has 3 fully saturated rings. The number of ether oxygens (including phenoxy) is 3. The van der Waals surface area contributed by atoms with Crippen LogP contribution in [0.2, 0.25) is 0 Å². The molecule has 1 amide bonds. The third-order valence-corrected chi connectivity index (χ3v) is 7.82. The number of amides is 1. The quantitative estimate of drug-likeness (QED) is 0.274. The fourth-order valence-corrected chi connectivity index (χ4v) is 6.25. The maximum atomic E-state index is 13.7. The average Bonchev–Trinajstić information content (AvgIpc) is 3.22. The Labute approximate surface area is 191 Å². The fourth-order valence-electron chi connectivity index (χ4n) is 6.25. The maximum absolute atomic E-state index is 13.7. The predicted octanol–water partition coefficient (Wildman–Crippen LogP) is 3.99. The van der Waals surface area contributed by atoms with Crippen molar-refractivity contribution in [2.24, 2.45) is 23.2 Å². The molecule has 7 heteroatoms. The van der Waals surface area contributed by atoms with E-state index in [1.807, 2.05) is 0 Å². The van der Waals surface area contributed by atoms with E-state index in [2.05, 4.69) is 53.7 Å². The van der Waals surface area contributed by atoms with E-state index in [9.17, 15) is 14.4 Å². The highest BCUT2D eigenvalue weighted by molar-refractivity contribution is 5.79. The van der Waals surface area contributed by atoms with Gasteiger partial charge in [-0.05, 0) is 46.6 Å². The third kappa shape index (κ3) is 3.66. The second kappa shape index (κ2) is 7.57. The Bertz CT molecular complexity index is 836. The van der Waals surface area contributed by atoms with Crippen LogP contribution >= 0.6 is 0 Å². The number of carbonyl (C=O) groups is 3. The van der Waals surface area contributed by atoms with Gasteiger partial charge in [0.15, 0.2) is 0 Å². The number of hydrogen-bond donors (Lipinski definition) is 0. The summed E-state index contributed by atoms with van der Waals surface area (Å²) in [6.07, 6.45) is 4.33. The standard InChI is InChI=1S/C25H38NO6/c1-14(21(27)31-19-15-11-17-18(12-15)22(28)32-20(17)19)30-23(29)26(25(5,6)7,13-24(2,3)4)16-9-8-10-16/h8-9,14-20H,10-13H2,1-7H3/q+1. The van der Waals surface area contributed by atoms with Gasteiger partial charge in [-0.15, -0.1) is 0 Å². The summed E-state index contributed by atoms with van der Waals surface area (Å²) in [7, 11) is 0. The molecule has 8 atom stereocenters. The van der Waals surface area contributed by atoms with E-state index in [0.717, 1.165) is 19.3 Å². The highest BCUT2D eigenvalue weighted by Crippen LogP contribution is 2.55. The molecular weight excluding hydrogens is 410 g/mol. The van der Waals surface area contributed by atoms with Gasteiger partial charge in [0.2, 0.25) is 6.10 Å². The molecule has 178 valence electrons. The molecule has 3 aliphatic carbocycles. The monoisotopic (exact) mass is 448 g/mol. The Morgan fingerprint density at radius 2 is 1.84 bits per heavy atom. The second-order valence-corrected chi connectivity index (χ2v) is 12.3. The maximum Gasteiger partial charge on any atom is 0.517 e. The molecule has 1 aliphatic heterocycles. The van der Waals surface area contributed by atoms with Gasteiger partial charge in [-0.2, -0.15) is 4.79 Å². The molecule has 8 unspecified atom stereocenters. The number of rotatable bonds is 5. The first-order chi connectivity index (χ1) is 14.7. The zero-order valence-electron chi connectivity index (χ0n) is 20.4. The molecule has 0 spiro atoms. The number of esters is 2. The first kappa shape index (κ1) is 23.3. The van der Waals surface area contributed by atoms with Crippen LogP contribution in [-0.2, 0) is 23.8 Å². The molecule has 0 aromatic rings. The summed E-state index contributed by atoms with van der Waals surface area (Å²) in [5.41, 5.74) is -0.535. The van der Waals surface area contributed by atoms with Gasteiger partial charge in [-0.1, -0.05) is 26.8 Å². The van der Waals surface area contributed by atoms with Crippen molar-refractivity contribution in [3.8, 4) is 0 Å². The summed E-state index contributed by atoms with van der Waals surface area (Å²) in [4.78, 5) is 38.6. The molecule has 0 N–H and O–H groups in total. The molecule has 2 saturated carbocycles. The number of nitrogens with zero attached hydrogens (tertiary/aromatic N) is 1. The minimum atomic E-state index is -1.03. The molecule has 32 heavy (non-hydrogen) atoms. The van der Waals surface area contributed by atoms with Gasteiger partial charge in [0.25, 0.3) is 0 Å². The van der Waals surface area contributed by atoms with Crippen LogP contribution in [0.3, 0.4) is 0 Å². The van der Waals surface area contributed by atoms with E-state index < -0.39 is 29.8 Å². The molecule has 4 rings (SSSR count). The first-order valence-corrected chi connectivity index (χ1v) is 11.9. The minimum absolute atomic E-state index is 0.0188. The Hall–Kier alpha value is -1.89. The second-order valence-electron chi connectivity index (χ2n) is 12.3. The summed E-state index contributed by atoms with van der Waals surface area (Å²) < 4.78 is 17.2. The molecular formula is C25H38NO6+. The molecule has 2 bridgehead atoms.